The molecule has 0 amide bonds. The van der Waals surface area contributed by atoms with Crippen LogP contribution in [0.2, 0.25) is 0 Å². The van der Waals surface area contributed by atoms with Gasteiger partial charge < -0.3 is 10.4 Å². The molecule has 0 aliphatic rings. The summed E-state index contributed by atoms with van der Waals surface area (Å²) in [7, 11) is 0. The Balaban J connectivity index is 2.30. The van der Waals surface area contributed by atoms with Gasteiger partial charge in [0.2, 0.25) is 0 Å². The SMILES string of the molecule is C/C(=C/C(=O)O)CNCc1ccc(Br)s1. The number of carboxylic acids is 1. The molecule has 0 fully saturated rings. The van der Waals surface area contributed by atoms with Gasteiger partial charge in [0.15, 0.2) is 0 Å². The number of carbonyl (C=O) groups is 1. The van der Waals surface area contributed by atoms with E-state index in [1.807, 2.05) is 12.1 Å². The molecular weight excluding hydrogens is 278 g/mol. The zero-order valence-corrected chi connectivity index (χ0v) is 10.7. The third-order valence-electron chi connectivity index (χ3n) is 1.70. The molecule has 0 aliphatic carbocycles. The van der Waals surface area contributed by atoms with E-state index in [9.17, 15) is 4.79 Å². The second kappa shape index (κ2) is 6.05. The maximum atomic E-state index is 10.3. The van der Waals surface area contributed by atoms with Gasteiger partial charge in [0.05, 0.1) is 3.79 Å². The molecule has 1 aromatic rings. The van der Waals surface area contributed by atoms with Crippen molar-refractivity contribution < 1.29 is 9.90 Å². The molecule has 3 nitrogen and oxygen atoms in total. The third-order valence-corrected chi connectivity index (χ3v) is 3.33. The van der Waals surface area contributed by atoms with E-state index >= 15 is 0 Å². The summed E-state index contributed by atoms with van der Waals surface area (Å²) in [5.41, 5.74) is 0.818. The van der Waals surface area contributed by atoms with Gasteiger partial charge in [-0.2, -0.15) is 0 Å². The van der Waals surface area contributed by atoms with Crippen molar-refractivity contribution in [3.63, 3.8) is 0 Å². The first kappa shape index (κ1) is 12.4. The van der Waals surface area contributed by atoms with Gasteiger partial charge in [0, 0.05) is 24.0 Å². The smallest absolute Gasteiger partial charge is 0.328 e. The minimum Gasteiger partial charge on any atom is -0.478 e. The highest BCUT2D eigenvalue weighted by Crippen LogP contribution is 2.21. The summed E-state index contributed by atoms with van der Waals surface area (Å²) >= 11 is 5.06. The Morgan fingerprint density at radius 2 is 2.40 bits per heavy atom. The first-order valence-electron chi connectivity index (χ1n) is 4.43. The van der Waals surface area contributed by atoms with E-state index in [0.717, 1.165) is 15.9 Å². The molecule has 0 bridgehead atoms. The first-order valence-corrected chi connectivity index (χ1v) is 6.04. The van der Waals surface area contributed by atoms with Gasteiger partial charge in [-0.25, -0.2) is 4.79 Å². The Kier molecular flexibility index (Phi) is 5.01. The topological polar surface area (TPSA) is 49.3 Å². The lowest BCUT2D eigenvalue weighted by molar-refractivity contribution is -0.131. The number of hydrogen-bond acceptors (Lipinski definition) is 3. The van der Waals surface area contributed by atoms with Crippen molar-refractivity contribution in [3.05, 3.63) is 32.4 Å². The van der Waals surface area contributed by atoms with Crippen molar-refractivity contribution >= 4 is 33.2 Å². The lowest BCUT2D eigenvalue weighted by Gasteiger charge is -2.02. The molecule has 82 valence electrons. The highest BCUT2D eigenvalue weighted by molar-refractivity contribution is 9.11. The largest absolute Gasteiger partial charge is 0.478 e. The molecule has 1 rings (SSSR count). The predicted molar refractivity (Wildman–Crippen MR) is 65.1 cm³/mol. The number of hydrogen-bond donors (Lipinski definition) is 2. The van der Waals surface area contributed by atoms with E-state index in [1.54, 1.807) is 18.3 Å². The molecule has 0 saturated heterocycles. The summed E-state index contributed by atoms with van der Waals surface area (Å²) in [6, 6.07) is 4.04. The fourth-order valence-corrected chi connectivity index (χ4v) is 2.54. The van der Waals surface area contributed by atoms with E-state index < -0.39 is 5.97 Å². The highest BCUT2D eigenvalue weighted by Gasteiger charge is 1.98. The molecule has 1 aromatic heterocycles. The van der Waals surface area contributed by atoms with Crippen LogP contribution in [-0.2, 0) is 11.3 Å². The fourth-order valence-electron chi connectivity index (χ4n) is 1.09. The zero-order valence-electron chi connectivity index (χ0n) is 8.29. The molecule has 2 N–H and O–H groups in total. The van der Waals surface area contributed by atoms with Crippen LogP contribution in [0.25, 0.3) is 0 Å². The molecule has 0 atom stereocenters. The number of rotatable bonds is 5. The first-order chi connectivity index (χ1) is 7.08. The molecule has 1 heterocycles. The second-order valence-corrected chi connectivity index (χ2v) is 5.69. The Labute approximate surface area is 101 Å². The predicted octanol–water partition coefficient (Wildman–Crippen LogP) is 2.63. The van der Waals surface area contributed by atoms with E-state index in [4.69, 9.17) is 5.11 Å². The summed E-state index contributed by atoms with van der Waals surface area (Å²) in [5, 5.41) is 11.7. The Morgan fingerprint density at radius 3 is 2.93 bits per heavy atom. The molecule has 5 heteroatoms. The monoisotopic (exact) mass is 289 g/mol. The quantitative estimate of drug-likeness (QED) is 0.820. The molecule has 0 aliphatic heterocycles. The summed E-state index contributed by atoms with van der Waals surface area (Å²) in [6.45, 7) is 3.16. The van der Waals surface area contributed by atoms with Gasteiger partial charge in [0.1, 0.15) is 0 Å². The van der Waals surface area contributed by atoms with Crippen molar-refractivity contribution in [2.75, 3.05) is 6.54 Å². The maximum Gasteiger partial charge on any atom is 0.328 e. The van der Waals surface area contributed by atoms with Crippen molar-refractivity contribution in [3.8, 4) is 0 Å². The van der Waals surface area contributed by atoms with Crippen molar-refractivity contribution in [2.45, 2.75) is 13.5 Å². The molecule has 0 radical (unpaired) electrons. The molecule has 15 heavy (non-hydrogen) atoms. The Hall–Kier alpha value is -0.650. The van der Waals surface area contributed by atoms with Gasteiger partial charge in [0.25, 0.3) is 0 Å². The standard InChI is InChI=1S/C10H12BrNO2S/c1-7(4-10(13)14)5-12-6-8-2-3-9(11)15-8/h2-4,12H,5-6H2,1H3,(H,13,14)/b7-4-. The lowest BCUT2D eigenvalue weighted by Crippen LogP contribution is -2.15. The van der Waals surface area contributed by atoms with E-state index in [0.29, 0.717) is 6.54 Å². The van der Waals surface area contributed by atoms with Gasteiger partial charge in [-0.3, -0.25) is 0 Å². The number of nitrogens with one attached hydrogen (secondary N) is 1. The minimum absolute atomic E-state index is 0.599. The average Bonchev–Trinajstić information content (AvgIpc) is 2.50. The minimum atomic E-state index is -0.895. The summed E-state index contributed by atoms with van der Waals surface area (Å²) in [4.78, 5) is 11.6. The van der Waals surface area contributed by atoms with Gasteiger partial charge in [-0.1, -0.05) is 5.57 Å². The van der Waals surface area contributed by atoms with Crippen LogP contribution in [0.1, 0.15) is 11.8 Å². The number of thiophene rings is 1. The van der Waals surface area contributed by atoms with Crippen LogP contribution in [0.15, 0.2) is 27.6 Å². The van der Waals surface area contributed by atoms with Gasteiger partial charge >= 0.3 is 5.97 Å². The molecule has 0 aromatic carbocycles. The van der Waals surface area contributed by atoms with Gasteiger partial charge in [-0.05, 0) is 35.0 Å². The van der Waals surface area contributed by atoms with Gasteiger partial charge in [-0.15, -0.1) is 11.3 Å². The van der Waals surface area contributed by atoms with Crippen LogP contribution in [0.5, 0.6) is 0 Å². The summed E-state index contributed by atoms with van der Waals surface area (Å²) in [6.07, 6.45) is 1.22. The Bertz CT molecular complexity index is 373. The fraction of sp³-hybridized carbons (Fsp3) is 0.300. The van der Waals surface area contributed by atoms with E-state index in [1.165, 1.54) is 11.0 Å². The highest BCUT2D eigenvalue weighted by atomic mass is 79.9. The lowest BCUT2D eigenvalue weighted by atomic mass is 10.3. The third kappa shape index (κ3) is 5.11. The Morgan fingerprint density at radius 1 is 1.67 bits per heavy atom. The molecule has 0 spiro atoms. The van der Waals surface area contributed by atoms with Crippen LogP contribution in [0, 0.1) is 0 Å². The number of carboxylic acid groups (broad SMARTS) is 1. The van der Waals surface area contributed by atoms with Crippen LogP contribution >= 0.6 is 27.3 Å². The number of aliphatic carboxylic acids is 1. The van der Waals surface area contributed by atoms with Crippen LogP contribution < -0.4 is 5.32 Å². The normalized spacial score (nSPS) is 11.7. The molecule has 0 saturated carbocycles. The van der Waals surface area contributed by atoms with E-state index in [2.05, 4.69) is 21.2 Å². The van der Waals surface area contributed by atoms with Crippen molar-refractivity contribution in [1.29, 1.82) is 0 Å². The summed E-state index contributed by atoms with van der Waals surface area (Å²) < 4.78 is 1.11. The number of halogens is 1. The van der Waals surface area contributed by atoms with E-state index in [-0.39, 0.29) is 0 Å². The summed E-state index contributed by atoms with van der Waals surface area (Å²) in [5.74, 6) is -0.895. The van der Waals surface area contributed by atoms with Crippen LogP contribution in [0.4, 0.5) is 0 Å². The maximum absolute atomic E-state index is 10.3. The molecule has 0 unspecified atom stereocenters. The van der Waals surface area contributed by atoms with Crippen molar-refractivity contribution in [1.82, 2.24) is 5.32 Å². The average molecular weight is 290 g/mol. The zero-order chi connectivity index (χ0) is 11.3. The second-order valence-electron chi connectivity index (χ2n) is 3.14. The van der Waals surface area contributed by atoms with Crippen LogP contribution in [-0.4, -0.2) is 17.6 Å². The molecular formula is C10H12BrNO2S. The van der Waals surface area contributed by atoms with Crippen LogP contribution in [0.3, 0.4) is 0 Å². The van der Waals surface area contributed by atoms with Crippen molar-refractivity contribution in [2.24, 2.45) is 0 Å².